The van der Waals surface area contributed by atoms with Crippen molar-refractivity contribution in [2.45, 2.75) is 29.0 Å². The second-order valence-electron chi connectivity index (χ2n) is 5.04. The predicted molar refractivity (Wildman–Crippen MR) is 88.7 cm³/mol. The Morgan fingerprint density at radius 2 is 1.95 bits per heavy atom. The number of hydrazine groups is 1. The summed E-state index contributed by atoms with van der Waals surface area (Å²) in [4.78, 5) is 1.39. The van der Waals surface area contributed by atoms with Crippen LogP contribution in [0.1, 0.15) is 11.1 Å². The smallest absolute Gasteiger partial charge is 0.0376 e. The van der Waals surface area contributed by atoms with Gasteiger partial charge in [0.25, 0.3) is 0 Å². The predicted octanol–water partition coefficient (Wildman–Crippen LogP) is 3.54. The molecule has 1 aliphatic rings. The molecule has 0 aromatic heterocycles. The molecule has 1 heterocycles. The van der Waals surface area contributed by atoms with Gasteiger partial charge in [-0.3, -0.25) is 11.3 Å². The largest absolute Gasteiger partial charge is 0.271 e. The number of thioether (sulfide) groups is 1. The Kier molecular flexibility index (Phi) is 4.46. The Balaban J connectivity index is 1.74. The van der Waals surface area contributed by atoms with Gasteiger partial charge in [-0.25, -0.2) is 0 Å². The van der Waals surface area contributed by atoms with Crippen LogP contribution >= 0.6 is 27.7 Å². The van der Waals surface area contributed by atoms with Crippen LogP contribution in [0.4, 0.5) is 0 Å². The SMILES string of the molecule is NNC(Cc1ccccc1Br)C1Cc2ccccc2S1. The monoisotopic (exact) mass is 348 g/mol. The molecule has 3 rings (SSSR count). The summed E-state index contributed by atoms with van der Waals surface area (Å²) in [5.41, 5.74) is 5.75. The maximum Gasteiger partial charge on any atom is 0.0376 e. The average Bonchev–Trinajstić information content (AvgIpc) is 2.90. The van der Waals surface area contributed by atoms with E-state index < -0.39 is 0 Å². The van der Waals surface area contributed by atoms with Crippen molar-refractivity contribution >= 4 is 27.7 Å². The fourth-order valence-electron chi connectivity index (χ4n) is 2.63. The first-order valence-electron chi connectivity index (χ1n) is 6.72. The first-order valence-corrected chi connectivity index (χ1v) is 8.39. The van der Waals surface area contributed by atoms with Crippen LogP contribution in [-0.4, -0.2) is 11.3 Å². The Bertz CT molecular complexity index is 578. The molecule has 2 aromatic carbocycles. The van der Waals surface area contributed by atoms with Gasteiger partial charge in [-0.05, 0) is 36.1 Å². The van der Waals surface area contributed by atoms with Crippen LogP contribution in [0.3, 0.4) is 0 Å². The second-order valence-corrected chi connectivity index (χ2v) is 7.17. The van der Waals surface area contributed by atoms with Gasteiger partial charge in [0.1, 0.15) is 0 Å². The molecule has 1 aliphatic heterocycles. The van der Waals surface area contributed by atoms with E-state index in [0.29, 0.717) is 5.25 Å². The number of fused-ring (bicyclic) bond motifs is 1. The van der Waals surface area contributed by atoms with Crippen molar-refractivity contribution in [2.75, 3.05) is 0 Å². The van der Waals surface area contributed by atoms with Crippen molar-refractivity contribution in [3.63, 3.8) is 0 Å². The Hall–Kier alpha value is -0.810. The highest BCUT2D eigenvalue weighted by atomic mass is 79.9. The minimum Gasteiger partial charge on any atom is -0.271 e. The lowest BCUT2D eigenvalue weighted by Crippen LogP contribution is -2.44. The molecule has 2 nitrogen and oxygen atoms in total. The molecule has 2 atom stereocenters. The van der Waals surface area contributed by atoms with E-state index in [0.717, 1.165) is 17.3 Å². The molecule has 2 unspecified atom stereocenters. The van der Waals surface area contributed by atoms with Crippen molar-refractivity contribution in [3.05, 3.63) is 64.1 Å². The van der Waals surface area contributed by atoms with Gasteiger partial charge in [-0.1, -0.05) is 52.3 Å². The molecular formula is C16H17BrN2S. The number of nitrogens with one attached hydrogen (secondary N) is 1. The molecule has 20 heavy (non-hydrogen) atoms. The summed E-state index contributed by atoms with van der Waals surface area (Å²) in [6, 6.07) is 17.3. The molecule has 104 valence electrons. The van der Waals surface area contributed by atoms with Crippen LogP contribution in [0.15, 0.2) is 57.9 Å². The second kappa shape index (κ2) is 6.31. The first-order chi connectivity index (χ1) is 9.78. The van der Waals surface area contributed by atoms with E-state index in [9.17, 15) is 0 Å². The van der Waals surface area contributed by atoms with Crippen LogP contribution < -0.4 is 11.3 Å². The van der Waals surface area contributed by atoms with Gasteiger partial charge in [0.15, 0.2) is 0 Å². The van der Waals surface area contributed by atoms with Gasteiger partial charge >= 0.3 is 0 Å². The Morgan fingerprint density at radius 1 is 1.20 bits per heavy atom. The van der Waals surface area contributed by atoms with Crippen molar-refractivity contribution in [1.29, 1.82) is 0 Å². The number of rotatable bonds is 4. The number of halogens is 1. The molecule has 0 fully saturated rings. The molecule has 4 heteroatoms. The summed E-state index contributed by atoms with van der Waals surface area (Å²) in [6.07, 6.45) is 2.02. The van der Waals surface area contributed by atoms with E-state index in [1.54, 1.807) is 0 Å². The summed E-state index contributed by atoms with van der Waals surface area (Å²) in [6.45, 7) is 0. The molecule has 0 saturated heterocycles. The summed E-state index contributed by atoms with van der Waals surface area (Å²) < 4.78 is 1.15. The van der Waals surface area contributed by atoms with Gasteiger partial charge in [-0.15, -0.1) is 11.8 Å². The molecule has 0 bridgehead atoms. The van der Waals surface area contributed by atoms with Gasteiger partial charge in [0.05, 0.1) is 0 Å². The maximum atomic E-state index is 5.81. The molecule has 3 N–H and O–H groups in total. The highest BCUT2D eigenvalue weighted by molar-refractivity contribution is 9.10. The third-order valence-electron chi connectivity index (χ3n) is 3.73. The van der Waals surface area contributed by atoms with Crippen molar-refractivity contribution in [2.24, 2.45) is 5.84 Å². The lowest BCUT2D eigenvalue weighted by Gasteiger charge is -2.22. The normalized spacial score (nSPS) is 18.8. The zero-order valence-corrected chi connectivity index (χ0v) is 13.5. The van der Waals surface area contributed by atoms with Crippen molar-refractivity contribution < 1.29 is 0 Å². The topological polar surface area (TPSA) is 38.0 Å². The van der Waals surface area contributed by atoms with Gasteiger partial charge in [0.2, 0.25) is 0 Å². The van der Waals surface area contributed by atoms with E-state index in [1.165, 1.54) is 16.0 Å². The van der Waals surface area contributed by atoms with Crippen LogP contribution in [-0.2, 0) is 12.8 Å². The summed E-state index contributed by atoms with van der Waals surface area (Å²) in [5.74, 6) is 5.81. The third-order valence-corrected chi connectivity index (χ3v) is 5.96. The highest BCUT2D eigenvalue weighted by Crippen LogP contribution is 2.39. The maximum absolute atomic E-state index is 5.81. The van der Waals surface area contributed by atoms with Gasteiger partial charge < -0.3 is 0 Å². The first kappa shape index (κ1) is 14.1. The molecule has 0 amide bonds. The standard InChI is InChI=1S/C16H17BrN2S/c17-13-7-3-1-5-11(13)9-14(19-18)16-10-12-6-2-4-8-15(12)20-16/h1-8,14,16,19H,9-10,18H2. The number of hydrogen-bond donors (Lipinski definition) is 2. The quantitative estimate of drug-likeness (QED) is 0.655. The molecular weight excluding hydrogens is 332 g/mol. The van der Waals surface area contributed by atoms with Crippen LogP contribution in [0, 0.1) is 0 Å². The van der Waals surface area contributed by atoms with Crippen LogP contribution in [0.25, 0.3) is 0 Å². The van der Waals surface area contributed by atoms with E-state index >= 15 is 0 Å². The minimum atomic E-state index is 0.270. The number of benzene rings is 2. The van der Waals surface area contributed by atoms with E-state index in [2.05, 4.69) is 63.8 Å². The lowest BCUT2D eigenvalue weighted by molar-refractivity contribution is 0.506. The summed E-state index contributed by atoms with van der Waals surface area (Å²) in [7, 11) is 0. The number of hydrogen-bond acceptors (Lipinski definition) is 3. The van der Waals surface area contributed by atoms with Gasteiger partial charge in [-0.2, -0.15) is 0 Å². The summed E-state index contributed by atoms with van der Waals surface area (Å²) >= 11 is 5.55. The minimum absolute atomic E-state index is 0.270. The highest BCUT2D eigenvalue weighted by Gasteiger charge is 2.29. The van der Waals surface area contributed by atoms with E-state index in [1.807, 2.05) is 17.8 Å². The molecule has 0 radical (unpaired) electrons. The Labute approximate surface area is 132 Å². The Morgan fingerprint density at radius 3 is 2.70 bits per heavy atom. The third kappa shape index (κ3) is 2.93. The number of nitrogens with two attached hydrogens (primary N) is 1. The fourth-order valence-corrected chi connectivity index (χ4v) is 4.47. The van der Waals surface area contributed by atoms with Crippen LogP contribution in [0.2, 0.25) is 0 Å². The van der Waals surface area contributed by atoms with Crippen molar-refractivity contribution in [3.8, 4) is 0 Å². The van der Waals surface area contributed by atoms with Gasteiger partial charge in [0, 0.05) is 20.7 Å². The fraction of sp³-hybridized carbons (Fsp3) is 0.250. The summed E-state index contributed by atoms with van der Waals surface area (Å²) in [5, 5.41) is 0.490. The lowest BCUT2D eigenvalue weighted by atomic mass is 9.99. The molecule has 2 aromatic rings. The zero-order chi connectivity index (χ0) is 13.9. The molecule has 0 spiro atoms. The zero-order valence-electron chi connectivity index (χ0n) is 11.1. The molecule has 0 saturated carbocycles. The van der Waals surface area contributed by atoms with E-state index in [4.69, 9.17) is 5.84 Å². The van der Waals surface area contributed by atoms with Crippen LogP contribution in [0.5, 0.6) is 0 Å². The molecule has 0 aliphatic carbocycles. The van der Waals surface area contributed by atoms with Crippen molar-refractivity contribution in [1.82, 2.24) is 5.43 Å². The average molecular weight is 349 g/mol. The van der Waals surface area contributed by atoms with E-state index in [-0.39, 0.29) is 6.04 Å².